The normalized spacial score (nSPS) is 15.1. The van der Waals surface area contributed by atoms with Gasteiger partial charge >= 0.3 is 0 Å². The Kier molecular flexibility index (Phi) is 6.77. The number of nitrogens with one attached hydrogen (secondary N) is 1. The molecule has 4 rings (SSSR count). The summed E-state index contributed by atoms with van der Waals surface area (Å²) in [6.07, 6.45) is 5.57. The van der Waals surface area contributed by atoms with Crippen molar-refractivity contribution in [1.82, 2.24) is 19.2 Å². The Labute approximate surface area is 189 Å². The molecule has 0 atom stereocenters. The number of nitrogens with zero attached hydrogens (tertiary/aromatic N) is 3. The molecule has 1 aliphatic rings. The second-order valence-electron chi connectivity index (χ2n) is 6.75. The molecule has 0 radical (unpaired) electrons. The zero-order chi connectivity index (χ0) is 21.8. The summed E-state index contributed by atoms with van der Waals surface area (Å²) in [7, 11) is -3.51. The number of imidazole rings is 1. The van der Waals surface area contributed by atoms with Gasteiger partial charge in [0.15, 0.2) is 5.16 Å². The predicted octanol–water partition coefficient (Wildman–Crippen LogP) is 2.61. The highest BCUT2D eigenvalue weighted by atomic mass is 32.2. The summed E-state index contributed by atoms with van der Waals surface area (Å²) in [4.78, 5) is 17.6. The Hall–Kier alpha value is -2.18. The third kappa shape index (κ3) is 4.85. The molecule has 0 spiro atoms. The predicted molar refractivity (Wildman–Crippen MR) is 120 cm³/mol. The van der Waals surface area contributed by atoms with E-state index < -0.39 is 10.0 Å². The number of carbonyl (C=O) groups is 1. The number of carbonyl (C=O) groups excluding carboxylic acids is 1. The lowest BCUT2D eigenvalue weighted by atomic mass is 10.2. The molecule has 1 N–H and O–H groups in total. The van der Waals surface area contributed by atoms with Gasteiger partial charge in [0.1, 0.15) is 4.21 Å². The smallest absolute Gasteiger partial charge is 0.252 e. The molecule has 0 unspecified atom stereocenters. The molecule has 0 saturated carbocycles. The third-order valence-corrected chi connectivity index (χ3v) is 8.94. The molecule has 2 aromatic heterocycles. The molecule has 0 bridgehead atoms. The van der Waals surface area contributed by atoms with E-state index in [1.165, 1.54) is 15.6 Å². The van der Waals surface area contributed by atoms with Gasteiger partial charge in [-0.05, 0) is 42.7 Å². The zero-order valence-corrected chi connectivity index (χ0v) is 19.3. The van der Waals surface area contributed by atoms with Crippen LogP contribution in [0.4, 0.5) is 0 Å². The summed E-state index contributed by atoms with van der Waals surface area (Å²) >= 11 is 2.73. The standard InChI is InChI=1S/C20H22N4O4S3/c1-29-20-21-8-9-24(20)16-4-2-15(3-5-16)19(25)22-14-17-6-7-18(30-17)31(26,27)23-10-12-28-13-11-23/h2-9H,10-14H2,1H3,(H,22,25). The average molecular weight is 479 g/mol. The number of thioether (sulfide) groups is 1. The molecule has 164 valence electrons. The van der Waals surface area contributed by atoms with E-state index in [4.69, 9.17) is 4.74 Å². The number of ether oxygens (including phenoxy) is 1. The van der Waals surface area contributed by atoms with Gasteiger partial charge in [0.2, 0.25) is 0 Å². The van der Waals surface area contributed by atoms with Crippen LogP contribution < -0.4 is 5.32 Å². The first kappa shape index (κ1) is 22.0. The highest BCUT2D eigenvalue weighted by Gasteiger charge is 2.27. The van der Waals surface area contributed by atoms with E-state index >= 15 is 0 Å². The van der Waals surface area contributed by atoms with Crippen LogP contribution in [0.2, 0.25) is 0 Å². The summed E-state index contributed by atoms with van der Waals surface area (Å²) in [6, 6.07) is 10.6. The van der Waals surface area contributed by atoms with Crippen LogP contribution in [0, 0.1) is 0 Å². The number of amides is 1. The Bertz CT molecular complexity index is 1150. The van der Waals surface area contributed by atoms with Crippen LogP contribution in [0.25, 0.3) is 5.69 Å². The Morgan fingerprint density at radius 1 is 1.19 bits per heavy atom. The maximum Gasteiger partial charge on any atom is 0.252 e. The fourth-order valence-corrected chi connectivity index (χ4v) is 6.57. The first-order chi connectivity index (χ1) is 15.0. The van der Waals surface area contributed by atoms with Gasteiger partial charge in [-0.3, -0.25) is 9.36 Å². The Balaban J connectivity index is 1.38. The fourth-order valence-electron chi connectivity index (χ4n) is 3.19. The lowest BCUT2D eigenvalue weighted by Gasteiger charge is -2.25. The van der Waals surface area contributed by atoms with Crippen molar-refractivity contribution in [1.29, 1.82) is 0 Å². The minimum absolute atomic E-state index is 0.215. The first-order valence-corrected chi connectivity index (χ1v) is 13.1. The number of aromatic nitrogens is 2. The average Bonchev–Trinajstić information content (AvgIpc) is 3.48. The molecular weight excluding hydrogens is 456 g/mol. The zero-order valence-electron chi connectivity index (χ0n) is 16.9. The minimum Gasteiger partial charge on any atom is -0.379 e. The molecule has 1 fully saturated rings. The summed E-state index contributed by atoms with van der Waals surface area (Å²) in [5.41, 5.74) is 1.46. The van der Waals surface area contributed by atoms with E-state index in [2.05, 4.69) is 10.3 Å². The van der Waals surface area contributed by atoms with Crippen LogP contribution >= 0.6 is 23.1 Å². The number of morpholine rings is 1. The van der Waals surface area contributed by atoms with Gasteiger partial charge in [0.25, 0.3) is 15.9 Å². The molecule has 8 nitrogen and oxygen atoms in total. The molecule has 0 aliphatic carbocycles. The SMILES string of the molecule is CSc1nccn1-c1ccc(C(=O)NCc2ccc(S(=O)(=O)N3CCOCC3)s2)cc1. The summed E-state index contributed by atoms with van der Waals surface area (Å²) in [5.74, 6) is -0.215. The van der Waals surface area contributed by atoms with E-state index in [9.17, 15) is 13.2 Å². The van der Waals surface area contributed by atoms with Gasteiger partial charge in [-0.1, -0.05) is 11.8 Å². The molecule has 11 heteroatoms. The van der Waals surface area contributed by atoms with E-state index in [1.54, 1.807) is 42.2 Å². The van der Waals surface area contributed by atoms with Gasteiger partial charge in [0, 0.05) is 41.6 Å². The maximum absolute atomic E-state index is 12.7. The number of rotatable bonds is 7. The van der Waals surface area contributed by atoms with Crippen LogP contribution in [0.15, 0.2) is 58.2 Å². The highest BCUT2D eigenvalue weighted by molar-refractivity contribution is 7.98. The fraction of sp³-hybridized carbons (Fsp3) is 0.300. The van der Waals surface area contributed by atoms with E-state index in [-0.39, 0.29) is 16.7 Å². The lowest BCUT2D eigenvalue weighted by molar-refractivity contribution is 0.0731. The maximum atomic E-state index is 12.7. The van der Waals surface area contributed by atoms with Crippen molar-refractivity contribution in [3.8, 4) is 5.69 Å². The quantitative estimate of drug-likeness (QED) is 0.525. The van der Waals surface area contributed by atoms with Crippen molar-refractivity contribution in [3.05, 3.63) is 59.2 Å². The second kappa shape index (κ2) is 9.53. The van der Waals surface area contributed by atoms with E-state index in [1.807, 2.05) is 29.2 Å². The second-order valence-corrected chi connectivity index (χ2v) is 10.9. The molecule has 1 amide bonds. The van der Waals surface area contributed by atoms with Crippen LogP contribution in [-0.4, -0.2) is 60.7 Å². The van der Waals surface area contributed by atoms with Crippen LogP contribution in [0.5, 0.6) is 0 Å². The summed E-state index contributed by atoms with van der Waals surface area (Å²) in [6.45, 7) is 1.80. The van der Waals surface area contributed by atoms with Crippen molar-refractivity contribution in [3.63, 3.8) is 0 Å². The van der Waals surface area contributed by atoms with E-state index in [0.29, 0.717) is 31.9 Å². The van der Waals surface area contributed by atoms with Crippen LogP contribution in [0.3, 0.4) is 0 Å². The van der Waals surface area contributed by atoms with Crippen molar-refractivity contribution >= 4 is 39.0 Å². The highest BCUT2D eigenvalue weighted by Crippen LogP contribution is 2.25. The molecule has 3 aromatic rings. The molecule has 3 heterocycles. The molecule has 31 heavy (non-hydrogen) atoms. The van der Waals surface area contributed by atoms with Gasteiger partial charge in [-0.2, -0.15) is 4.31 Å². The summed E-state index contributed by atoms with van der Waals surface area (Å²) < 4.78 is 34.3. The molecule has 1 saturated heterocycles. The lowest BCUT2D eigenvalue weighted by Crippen LogP contribution is -2.40. The van der Waals surface area contributed by atoms with Crippen molar-refractivity contribution in [2.24, 2.45) is 0 Å². The monoisotopic (exact) mass is 478 g/mol. The van der Waals surface area contributed by atoms with Gasteiger partial charge in [-0.15, -0.1) is 11.3 Å². The van der Waals surface area contributed by atoms with Gasteiger partial charge < -0.3 is 10.1 Å². The van der Waals surface area contributed by atoms with Crippen molar-refractivity contribution in [2.75, 3.05) is 32.6 Å². The molecule has 1 aliphatic heterocycles. The van der Waals surface area contributed by atoms with Crippen molar-refractivity contribution in [2.45, 2.75) is 15.9 Å². The largest absolute Gasteiger partial charge is 0.379 e. The number of sulfonamides is 1. The Morgan fingerprint density at radius 2 is 1.94 bits per heavy atom. The van der Waals surface area contributed by atoms with Crippen LogP contribution in [0.1, 0.15) is 15.2 Å². The topological polar surface area (TPSA) is 93.5 Å². The van der Waals surface area contributed by atoms with Gasteiger partial charge in [0.05, 0.1) is 19.8 Å². The molecule has 1 aromatic carbocycles. The van der Waals surface area contributed by atoms with Gasteiger partial charge in [-0.25, -0.2) is 13.4 Å². The van der Waals surface area contributed by atoms with Crippen LogP contribution in [-0.2, 0) is 21.3 Å². The van der Waals surface area contributed by atoms with E-state index in [0.717, 1.165) is 15.7 Å². The number of thiophene rings is 1. The number of benzene rings is 1. The number of hydrogen-bond donors (Lipinski definition) is 1. The number of hydrogen-bond acceptors (Lipinski definition) is 7. The third-order valence-electron chi connectivity index (χ3n) is 4.82. The summed E-state index contributed by atoms with van der Waals surface area (Å²) in [5, 5.41) is 3.73. The molecular formula is C20H22N4O4S3. The Morgan fingerprint density at radius 3 is 2.65 bits per heavy atom. The minimum atomic E-state index is -3.51. The first-order valence-electron chi connectivity index (χ1n) is 9.61. The van der Waals surface area contributed by atoms with Crippen molar-refractivity contribution < 1.29 is 17.9 Å².